The summed E-state index contributed by atoms with van der Waals surface area (Å²) in [6.45, 7) is 3.09. The lowest BCUT2D eigenvalue weighted by molar-refractivity contribution is 0.0692. The molecule has 1 N–H and O–H groups in total. The molecule has 0 bridgehead atoms. The molecule has 31 heavy (non-hydrogen) atoms. The van der Waals surface area contributed by atoms with Crippen molar-refractivity contribution in [3.05, 3.63) is 88.4 Å². The first-order chi connectivity index (χ1) is 15.0. The number of aromatic nitrogens is 1. The van der Waals surface area contributed by atoms with Crippen LogP contribution < -0.4 is 9.64 Å². The van der Waals surface area contributed by atoms with Gasteiger partial charge in [-0.1, -0.05) is 47.5 Å². The molecule has 0 aliphatic carbocycles. The second-order valence-electron chi connectivity index (χ2n) is 7.17. The molecule has 0 saturated heterocycles. The summed E-state index contributed by atoms with van der Waals surface area (Å²) in [6.07, 6.45) is 0. The standard InChI is InChI=1S/C24H21ClN2O4/c1-16-6-11-21(19(14-16)23(28)29)30-13-12-27(15-17-7-9-18(25)10-8-17)24-26-20-4-2-3-5-22(20)31-24/h2-11,14H,12-13,15H2,1H3,(H,28,29). The maximum Gasteiger partial charge on any atom is 0.339 e. The molecule has 0 amide bonds. The van der Waals surface area contributed by atoms with E-state index in [2.05, 4.69) is 4.98 Å². The van der Waals surface area contributed by atoms with Gasteiger partial charge in [-0.05, 0) is 48.9 Å². The van der Waals surface area contributed by atoms with Gasteiger partial charge < -0.3 is 19.2 Å². The van der Waals surface area contributed by atoms with E-state index in [1.165, 1.54) is 0 Å². The van der Waals surface area contributed by atoms with Crippen molar-refractivity contribution in [3.8, 4) is 5.75 Å². The van der Waals surface area contributed by atoms with Gasteiger partial charge in [0.15, 0.2) is 5.58 Å². The Morgan fingerprint density at radius 2 is 1.90 bits per heavy atom. The van der Waals surface area contributed by atoms with Crippen LogP contribution in [0.2, 0.25) is 5.02 Å². The molecular weight excluding hydrogens is 416 g/mol. The lowest BCUT2D eigenvalue weighted by atomic mass is 10.1. The monoisotopic (exact) mass is 436 g/mol. The van der Waals surface area contributed by atoms with Crippen LogP contribution in [0.25, 0.3) is 11.1 Å². The number of hydrogen-bond donors (Lipinski definition) is 1. The van der Waals surface area contributed by atoms with Crippen LogP contribution >= 0.6 is 11.6 Å². The highest BCUT2D eigenvalue weighted by Gasteiger charge is 2.16. The molecule has 0 aliphatic rings. The van der Waals surface area contributed by atoms with Crippen molar-refractivity contribution in [2.24, 2.45) is 0 Å². The maximum absolute atomic E-state index is 11.5. The highest BCUT2D eigenvalue weighted by Crippen LogP contribution is 2.24. The van der Waals surface area contributed by atoms with E-state index < -0.39 is 5.97 Å². The zero-order valence-corrected chi connectivity index (χ0v) is 17.7. The van der Waals surface area contributed by atoms with E-state index in [0.717, 1.165) is 16.6 Å². The van der Waals surface area contributed by atoms with Gasteiger partial charge in [-0.3, -0.25) is 0 Å². The van der Waals surface area contributed by atoms with E-state index in [0.29, 0.717) is 35.5 Å². The summed E-state index contributed by atoms with van der Waals surface area (Å²) >= 11 is 6.01. The van der Waals surface area contributed by atoms with E-state index >= 15 is 0 Å². The van der Waals surface area contributed by atoms with Gasteiger partial charge in [0.2, 0.25) is 0 Å². The minimum absolute atomic E-state index is 0.145. The number of hydrogen-bond acceptors (Lipinski definition) is 5. The Morgan fingerprint density at radius 3 is 2.65 bits per heavy atom. The molecule has 0 atom stereocenters. The third-order valence-corrected chi connectivity index (χ3v) is 5.08. The van der Waals surface area contributed by atoms with E-state index in [4.69, 9.17) is 20.8 Å². The van der Waals surface area contributed by atoms with Crippen molar-refractivity contribution >= 4 is 34.7 Å². The Morgan fingerprint density at radius 1 is 1.13 bits per heavy atom. The van der Waals surface area contributed by atoms with Crippen molar-refractivity contribution in [2.45, 2.75) is 13.5 Å². The predicted molar refractivity (Wildman–Crippen MR) is 120 cm³/mol. The smallest absolute Gasteiger partial charge is 0.339 e. The molecule has 4 aromatic rings. The van der Waals surface area contributed by atoms with E-state index in [9.17, 15) is 9.90 Å². The Balaban J connectivity index is 1.54. The van der Waals surface area contributed by atoms with E-state index in [1.54, 1.807) is 12.1 Å². The maximum atomic E-state index is 11.5. The molecule has 0 spiro atoms. The van der Waals surface area contributed by atoms with Crippen LogP contribution in [-0.4, -0.2) is 29.2 Å². The largest absolute Gasteiger partial charge is 0.491 e. The van der Waals surface area contributed by atoms with Crippen molar-refractivity contribution in [2.75, 3.05) is 18.1 Å². The number of nitrogens with zero attached hydrogens (tertiary/aromatic N) is 2. The van der Waals surface area contributed by atoms with Gasteiger partial charge in [0.25, 0.3) is 6.01 Å². The average Bonchev–Trinajstić information content (AvgIpc) is 3.19. The first kappa shape index (κ1) is 20.8. The molecular formula is C24H21ClN2O4. The second-order valence-corrected chi connectivity index (χ2v) is 7.60. The first-order valence-electron chi connectivity index (χ1n) is 9.81. The molecule has 0 saturated carbocycles. The first-order valence-corrected chi connectivity index (χ1v) is 10.2. The van der Waals surface area contributed by atoms with Crippen LogP contribution in [0.1, 0.15) is 21.5 Å². The molecule has 7 heteroatoms. The lowest BCUT2D eigenvalue weighted by Gasteiger charge is -2.21. The highest BCUT2D eigenvalue weighted by molar-refractivity contribution is 6.30. The molecule has 0 radical (unpaired) electrons. The minimum atomic E-state index is -1.02. The fourth-order valence-electron chi connectivity index (χ4n) is 3.25. The Labute approximate surface area is 184 Å². The lowest BCUT2D eigenvalue weighted by Crippen LogP contribution is -2.28. The Bertz CT molecular complexity index is 1170. The number of ether oxygens (including phenoxy) is 1. The molecule has 3 aromatic carbocycles. The third kappa shape index (κ3) is 4.98. The summed E-state index contributed by atoms with van der Waals surface area (Å²) in [5, 5.41) is 10.1. The van der Waals surface area contributed by atoms with Crippen LogP contribution in [0.15, 0.2) is 71.1 Å². The van der Waals surface area contributed by atoms with Crippen LogP contribution in [-0.2, 0) is 6.54 Å². The Kier molecular flexibility index (Phi) is 6.09. The quantitative estimate of drug-likeness (QED) is 0.389. The third-order valence-electron chi connectivity index (χ3n) is 4.82. The van der Waals surface area contributed by atoms with Gasteiger partial charge in [-0.15, -0.1) is 0 Å². The normalized spacial score (nSPS) is 10.9. The summed E-state index contributed by atoms with van der Waals surface area (Å²) < 4.78 is 11.8. The van der Waals surface area contributed by atoms with Gasteiger partial charge in [-0.25, -0.2) is 4.79 Å². The molecule has 0 fully saturated rings. The zero-order valence-electron chi connectivity index (χ0n) is 16.9. The predicted octanol–water partition coefficient (Wildman–Crippen LogP) is 5.57. The van der Waals surface area contributed by atoms with Crippen LogP contribution in [0.4, 0.5) is 6.01 Å². The summed E-state index contributed by atoms with van der Waals surface area (Å²) in [5.41, 5.74) is 3.51. The molecule has 0 aliphatic heterocycles. The number of oxazole rings is 1. The second kappa shape index (κ2) is 9.10. The van der Waals surface area contributed by atoms with Crippen molar-refractivity contribution in [1.29, 1.82) is 0 Å². The van der Waals surface area contributed by atoms with E-state index in [-0.39, 0.29) is 12.2 Å². The number of carboxylic acids is 1. The number of aryl methyl sites for hydroxylation is 1. The van der Waals surface area contributed by atoms with Crippen molar-refractivity contribution in [1.82, 2.24) is 4.98 Å². The van der Waals surface area contributed by atoms with E-state index in [1.807, 2.05) is 66.4 Å². The molecule has 1 heterocycles. The minimum Gasteiger partial charge on any atom is -0.491 e. The van der Waals surface area contributed by atoms with Gasteiger partial charge in [0, 0.05) is 11.6 Å². The molecule has 6 nitrogen and oxygen atoms in total. The summed E-state index contributed by atoms with van der Waals surface area (Å²) in [4.78, 5) is 18.1. The zero-order chi connectivity index (χ0) is 21.8. The molecule has 1 aromatic heterocycles. The average molecular weight is 437 g/mol. The SMILES string of the molecule is Cc1ccc(OCCN(Cc2ccc(Cl)cc2)c2nc3ccccc3o2)c(C(=O)O)c1. The van der Waals surface area contributed by atoms with Gasteiger partial charge >= 0.3 is 5.97 Å². The number of para-hydroxylation sites is 2. The number of fused-ring (bicyclic) bond motifs is 1. The van der Waals surface area contributed by atoms with Crippen LogP contribution in [0.5, 0.6) is 5.75 Å². The Hall–Kier alpha value is -3.51. The number of anilines is 1. The summed E-state index contributed by atoms with van der Waals surface area (Å²) in [5.74, 6) is -0.683. The number of rotatable bonds is 8. The van der Waals surface area contributed by atoms with Gasteiger partial charge in [-0.2, -0.15) is 4.98 Å². The van der Waals surface area contributed by atoms with Crippen LogP contribution in [0.3, 0.4) is 0 Å². The highest BCUT2D eigenvalue weighted by atomic mass is 35.5. The number of carboxylic acid groups (broad SMARTS) is 1. The summed E-state index contributed by atoms with van der Waals surface area (Å²) in [6, 6.07) is 20.7. The van der Waals surface area contributed by atoms with Crippen LogP contribution in [0, 0.1) is 6.92 Å². The van der Waals surface area contributed by atoms with Gasteiger partial charge in [0.05, 0.1) is 6.54 Å². The van der Waals surface area contributed by atoms with Crippen molar-refractivity contribution < 1.29 is 19.1 Å². The fourth-order valence-corrected chi connectivity index (χ4v) is 3.38. The molecule has 158 valence electrons. The summed E-state index contributed by atoms with van der Waals surface area (Å²) in [7, 11) is 0. The number of carbonyl (C=O) groups is 1. The molecule has 4 rings (SSSR count). The topological polar surface area (TPSA) is 75.8 Å². The number of benzene rings is 3. The van der Waals surface area contributed by atoms with Crippen molar-refractivity contribution in [3.63, 3.8) is 0 Å². The number of halogens is 1. The number of aromatic carboxylic acids is 1. The molecule has 0 unspecified atom stereocenters. The van der Waals surface area contributed by atoms with Gasteiger partial charge in [0.1, 0.15) is 23.4 Å². The fraction of sp³-hybridized carbons (Fsp3) is 0.167.